The van der Waals surface area contributed by atoms with E-state index >= 15 is 0 Å². The van der Waals surface area contributed by atoms with Crippen LogP contribution in [-0.4, -0.2) is 26.1 Å². The first-order valence-electron chi connectivity index (χ1n) is 7.87. The van der Waals surface area contributed by atoms with Crippen molar-refractivity contribution in [2.24, 2.45) is 7.05 Å². The molecule has 124 valence electrons. The fraction of sp³-hybridized carbons (Fsp3) is 0.278. The summed E-state index contributed by atoms with van der Waals surface area (Å²) in [6, 6.07) is 9.59. The Balaban J connectivity index is 2.06. The number of amides is 1. The molecule has 0 aliphatic rings. The highest BCUT2D eigenvalue weighted by molar-refractivity contribution is 5.83. The van der Waals surface area contributed by atoms with Crippen LogP contribution in [0.15, 0.2) is 47.5 Å². The Morgan fingerprint density at radius 2 is 2.04 bits per heavy atom. The Labute approximate surface area is 139 Å². The molecule has 6 heteroatoms. The largest absolute Gasteiger partial charge is 0.352 e. The van der Waals surface area contributed by atoms with Crippen LogP contribution in [0.25, 0.3) is 22.3 Å². The Morgan fingerprint density at radius 3 is 2.79 bits per heavy atom. The fourth-order valence-corrected chi connectivity index (χ4v) is 2.79. The SMILES string of the molecule is CC(C)NC(=O)Cn1ccnc1-c1cc2ccccc2n(C)c1=O. The van der Waals surface area contributed by atoms with Gasteiger partial charge in [-0.15, -0.1) is 0 Å². The number of imidazole rings is 1. The average Bonchev–Trinajstić information content (AvgIpc) is 2.98. The third kappa shape index (κ3) is 2.95. The molecule has 0 aliphatic heterocycles. The maximum atomic E-state index is 12.7. The van der Waals surface area contributed by atoms with E-state index in [1.807, 2.05) is 44.2 Å². The first-order valence-corrected chi connectivity index (χ1v) is 7.87. The third-order valence-corrected chi connectivity index (χ3v) is 3.85. The lowest BCUT2D eigenvalue weighted by atomic mass is 10.1. The summed E-state index contributed by atoms with van der Waals surface area (Å²) >= 11 is 0. The van der Waals surface area contributed by atoms with Crippen LogP contribution in [0.2, 0.25) is 0 Å². The van der Waals surface area contributed by atoms with Gasteiger partial charge in [-0.25, -0.2) is 4.98 Å². The van der Waals surface area contributed by atoms with E-state index in [2.05, 4.69) is 10.3 Å². The molecule has 0 spiro atoms. The molecule has 0 atom stereocenters. The second kappa shape index (κ2) is 6.31. The molecule has 2 aromatic heterocycles. The summed E-state index contributed by atoms with van der Waals surface area (Å²) < 4.78 is 3.31. The second-order valence-corrected chi connectivity index (χ2v) is 6.08. The number of hydrogen-bond acceptors (Lipinski definition) is 3. The number of para-hydroxylation sites is 1. The van der Waals surface area contributed by atoms with E-state index < -0.39 is 0 Å². The maximum Gasteiger partial charge on any atom is 0.261 e. The van der Waals surface area contributed by atoms with Gasteiger partial charge >= 0.3 is 0 Å². The van der Waals surface area contributed by atoms with Crippen molar-refractivity contribution >= 4 is 16.8 Å². The van der Waals surface area contributed by atoms with Crippen molar-refractivity contribution < 1.29 is 4.79 Å². The third-order valence-electron chi connectivity index (χ3n) is 3.85. The van der Waals surface area contributed by atoms with Gasteiger partial charge in [-0.2, -0.15) is 0 Å². The summed E-state index contributed by atoms with van der Waals surface area (Å²) in [6.07, 6.45) is 3.32. The number of nitrogens with one attached hydrogen (secondary N) is 1. The normalized spacial score (nSPS) is 11.2. The van der Waals surface area contributed by atoms with Gasteiger partial charge < -0.3 is 14.5 Å². The summed E-state index contributed by atoms with van der Waals surface area (Å²) in [5, 5.41) is 3.80. The Bertz CT molecular complexity index is 953. The Morgan fingerprint density at radius 1 is 1.29 bits per heavy atom. The van der Waals surface area contributed by atoms with Gasteiger partial charge in [-0.05, 0) is 31.4 Å². The topological polar surface area (TPSA) is 68.9 Å². The van der Waals surface area contributed by atoms with Crippen molar-refractivity contribution in [3.63, 3.8) is 0 Å². The molecule has 0 unspecified atom stereocenters. The lowest BCUT2D eigenvalue weighted by Gasteiger charge is -2.12. The molecule has 3 aromatic rings. The molecule has 1 amide bonds. The molecule has 0 saturated carbocycles. The van der Waals surface area contributed by atoms with Crippen LogP contribution in [0.5, 0.6) is 0 Å². The summed E-state index contributed by atoms with van der Waals surface area (Å²) in [4.78, 5) is 29.0. The highest BCUT2D eigenvalue weighted by Gasteiger charge is 2.15. The number of aromatic nitrogens is 3. The second-order valence-electron chi connectivity index (χ2n) is 6.08. The van der Waals surface area contributed by atoms with E-state index in [0.717, 1.165) is 10.9 Å². The summed E-state index contributed by atoms with van der Waals surface area (Å²) in [7, 11) is 1.74. The Hall–Kier alpha value is -2.89. The van der Waals surface area contributed by atoms with Gasteiger partial charge in [0, 0.05) is 25.5 Å². The van der Waals surface area contributed by atoms with Gasteiger partial charge in [0.2, 0.25) is 5.91 Å². The first-order chi connectivity index (χ1) is 11.5. The van der Waals surface area contributed by atoms with Gasteiger partial charge in [0.1, 0.15) is 12.4 Å². The number of benzene rings is 1. The van der Waals surface area contributed by atoms with Gasteiger partial charge in [0.25, 0.3) is 5.56 Å². The average molecular weight is 324 g/mol. The molecule has 1 N–H and O–H groups in total. The van der Waals surface area contributed by atoms with E-state index in [0.29, 0.717) is 11.4 Å². The van der Waals surface area contributed by atoms with Gasteiger partial charge in [-0.1, -0.05) is 18.2 Å². The van der Waals surface area contributed by atoms with Crippen molar-refractivity contribution in [3.8, 4) is 11.4 Å². The minimum absolute atomic E-state index is 0.0676. The summed E-state index contributed by atoms with van der Waals surface area (Å²) in [5.74, 6) is 0.391. The minimum atomic E-state index is -0.134. The van der Waals surface area contributed by atoms with Crippen LogP contribution in [0.3, 0.4) is 0 Å². The van der Waals surface area contributed by atoms with E-state index in [-0.39, 0.29) is 24.1 Å². The van der Waals surface area contributed by atoms with Crippen LogP contribution in [0.4, 0.5) is 0 Å². The molecular weight excluding hydrogens is 304 g/mol. The van der Waals surface area contributed by atoms with Crippen LogP contribution in [-0.2, 0) is 18.4 Å². The number of rotatable bonds is 4. The summed E-state index contributed by atoms with van der Waals surface area (Å²) in [6.45, 7) is 3.95. The molecule has 0 aliphatic carbocycles. The molecular formula is C18H20N4O2. The molecule has 0 saturated heterocycles. The van der Waals surface area contributed by atoms with E-state index in [1.165, 1.54) is 0 Å². The molecule has 6 nitrogen and oxygen atoms in total. The van der Waals surface area contributed by atoms with Crippen molar-refractivity contribution in [2.45, 2.75) is 26.4 Å². The van der Waals surface area contributed by atoms with E-state index in [9.17, 15) is 9.59 Å². The molecule has 2 heterocycles. The number of carbonyl (C=O) groups is 1. The predicted octanol–water partition coefficient (Wildman–Crippen LogP) is 1.93. The molecule has 3 rings (SSSR count). The zero-order chi connectivity index (χ0) is 17.3. The Kier molecular flexibility index (Phi) is 4.20. The lowest BCUT2D eigenvalue weighted by molar-refractivity contribution is -0.122. The van der Waals surface area contributed by atoms with Gasteiger partial charge in [0.15, 0.2) is 0 Å². The zero-order valence-corrected chi connectivity index (χ0v) is 14.0. The van der Waals surface area contributed by atoms with Crippen molar-refractivity contribution in [1.82, 2.24) is 19.4 Å². The van der Waals surface area contributed by atoms with Crippen LogP contribution < -0.4 is 10.9 Å². The number of pyridine rings is 1. The number of nitrogens with zero attached hydrogens (tertiary/aromatic N) is 3. The standard InChI is InChI=1S/C18H20N4O2/c1-12(2)20-16(23)11-22-9-8-19-17(22)14-10-13-6-4-5-7-15(13)21(3)18(14)24/h4-10,12H,11H2,1-3H3,(H,20,23). The van der Waals surface area contributed by atoms with Crippen LogP contribution in [0, 0.1) is 0 Å². The smallest absolute Gasteiger partial charge is 0.261 e. The monoisotopic (exact) mass is 324 g/mol. The van der Waals surface area contributed by atoms with Crippen molar-refractivity contribution in [2.75, 3.05) is 0 Å². The van der Waals surface area contributed by atoms with Crippen molar-refractivity contribution in [1.29, 1.82) is 0 Å². The number of carbonyl (C=O) groups excluding carboxylic acids is 1. The molecule has 24 heavy (non-hydrogen) atoms. The minimum Gasteiger partial charge on any atom is -0.352 e. The van der Waals surface area contributed by atoms with E-state index in [4.69, 9.17) is 0 Å². The highest BCUT2D eigenvalue weighted by atomic mass is 16.2. The number of fused-ring (bicyclic) bond motifs is 1. The van der Waals surface area contributed by atoms with E-state index in [1.54, 1.807) is 28.6 Å². The highest BCUT2D eigenvalue weighted by Crippen LogP contribution is 2.19. The van der Waals surface area contributed by atoms with Crippen molar-refractivity contribution in [3.05, 3.63) is 53.1 Å². The lowest BCUT2D eigenvalue weighted by Crippen LogP contribution is -2.33. The summed E-state index contributed by atoms with van der Waals surface area (Å²) in [5.41, 5.74) is 1.21. The number of hydrogen-bond donors (Lipinski definition) is 1. The quantitative estimate of drug-likeness (QED) is 0.797. The zero-order valence-electron chi connectivity index (χ0n) is 14.0. The van der Waals surface area contributed by atoms with Gasteiger partial charge in [0.05, 0.1) is 11.1 Å². The molecule has 0 bridgehead atoms. The molecule has 0 fully saturated rings. The number of aryl methyl sites for hydroxylation is 1. The molecule has 1 aromatic carbocycles. The predicted molar refractivity (Wildman–Crippen MR) is 93.7 cm³/mol. The van der Waals surface area contributed by atoms with Crippen LogP contribution >= 0.6 is 0 Å². The van der Waals surface area contributed by atoms with Gasteiger partial charge in [-0.3, -0.25) is 9.59 Å². The van der Waals surface area contributed by atoms with Crippen LogP contribution in [0.1, 0.15) is 13.8 Å². The maximum absolute atomic E-state index is 12.7. The first kappa shape index (κ1) is 16.0. The fourth-order valence-electron chi connectivity index (χ4n) is 2.79. The molecule has 0 radical (unpaired) electrons.